The van der Waals surface area contributed by atoms with E-state index in [1.165, 1.54) is 37.7 Å². The molecule has 2 heterocycles. The fraction of sp³-hybridized carbons (Fsp3) is 0.524. The molecule has 1 aromatic heterocycles. The summed E-state index contributed by atoms with van der Waals surface area (Å²) in [5.41, 5.74) is 2.14. The van der Waals surface area contributed by atoms with Crippen LogP contribution in [0.15, 0.2) is 35.1 Å². The molecule has 4 rings (SSSR count). The Balaban J connectivity index is 1.35. The van der Waals surface area contributed by atoms with Gasteiger partial charge in [0.15, 0.2) is 6.10 Å². The second kappa shape index (κ2) is 7.52. The zero-order valence-corrected chi connectivity index (χ0v) is 15.3. The number of aromatic nitrogens is 2. The molecule has 1 aromatic carbocycles. The van der Waals surface area contributed by atoms with Crippen molar-refractivity contribution < 1.29 is 9.47 Å². The maximum atomic E-state index is 11.6. The van der Waals surface area contributed by atoms with Crippen molar-refractivity contribution in [3.63, 3.8) is 0 Å². The van der Waals surface area contributed by atoms with Crippen molar-refractivity contribution >= 4 is 0 Å². The molecular weight excluding hydrogens is 328 g/mol. The molecule has 0 spiro atoms. The van der Waals surface area contributed by atoms with Gasteiger partial charge in [0.25, 0.3) is 11.6 Å². The lowest BCUT2D eigenvalue weighted by Gasteiger charge is -2.22. The number of benzene rings is 1. The lowest BCUT2D eigenvalue weighted by molar-refractivity contribution is 0.143. The van der Waals surface area contributed by atoms with Gasteiger partial charge >= 0.3 is 0 Å². The Morgan fingerprint density at radius 1 is 1.19 bits per heavy atom. The molecule has 0 amide bonds. The summed E-state index contributed by atoms with van der Waals surface area (Å²) >= 11 is 0. The lowest BCUT2D eigenvalue weighted by Crippen LogP contribution is -2.23. The van der Waals surface area contributed by atoms with Gasteiger partial charge in [-0.15, -0.1) is 0 Å². The normalized spacial score (nSPS) is 19.8. The number of hydrogen-bond donors (Lipinski definition) is 0. The Morgan fingerprint density at radius 2 is 1.96 bits per heavy atom. The molecule has 5 heteroatoms. The number of rotatable bonds is 5. The second-order valence-corrected chi connectivity index (χ2v) is 7.29. The molecule has 0 radical (unpaired) electrons. The summed E-state index contributed by atoms with van der Waals surface area (Å²) < 4.78 is 13.7. The SMILES string of the molecule is CCc1cc(=O)nc2n1C[C@@H](COc1ccc(C3CCCCC3)cc1)O2. The smallest absolute Gasteiger partial charge is 0.300 e. The van der Waals surface area contributed by atoms with E-state index in [0.717, 1.165) is 17.9 Å². The molecule has 0 unspecified atom stereocenters. The van der Waals surface area contributed by atoms with E-state index in [1.54, 1.807) is 6.07 Å². The second-order valence-electron chi connectivity index (χ2n) is 7.29. The van der Waals surface area contributed by atoms with E-state index in [2.05, 4.69) is 29.2 Å². The van der Waals surface area contributed by atoms with Gasteiger partial charge in [0.1, 0.15) is 12.4 Å². The van der Waals surface area contributed by atoms with E-state index in [9.17, 15) is 4.79 Å². The monoisotopic (exact) mass is 354 g/mol. The Kier molecular flexibility index (Phi) is 4.96. The molecular formula is C21H26N2O3. The highest BCUT2D eigenvalue weighted by Crippen LogP contribution is 2.33. The van der Waals surface area contributed by atoms with Crippen molar-refractivity contribution in [2.45, 2.75) is 64.0 Å². The van der Waals surface area contributed by atoms with Crippen LogP contribution in [0.5, 0.6) is 11.8 Å². The summed E-state index contributed by atoms with van der Waals surface area (Å²) in [6, 6.07) is 10.5. The van der Waals surface area contributed by atoms with Gasteiger partial charge in [-0.25, -0.2) is 0 Å². The van der Waals surface area contributed by atoms with Crippen LogP contribution in [0.1, 0.15) is 56.2 Å². The van der Waals surface area contributed by atoms with Crippen molar-refractivity contribution in [1.82, 2.24) is 9.55 Å². The molecule has 1 aliphatic carbocycles. The van der Waals surface area contributed by atoms with Crippen molar-refractivity contribution in [1.29, 1.82) is 0 Å². The van der Waals surface area contributed by atoms with Crippen molar-refractivity contribution in [2.24, 2.45) is 0 Å². The van der Waals surface area contributed by atoms with Crippen LogP contribution < -0.4 is 15.0 Å². The first-order valence-corrected chi connectivity index (χ1v) is 9.73. The molecule has 2 aromatic rings. The third kappa shape index (κ3) is 3.62. The minimum absolute atomic E-state index is 0.118. The number of nitrogens with zero attached hydrogens (tertiary/aromatic N) is 2. The van der Waals surface area contributed by atoms with Gasteiger partial charge < -0.3 is 9.47 Å². The van der Waals surface area contributed by atoms with Crippen LogP contribution in [0.2, 0.25) is 0 Å². The van der Waals surface area contributed by atoms with E-state index in [1.807, 2.05) is 11.5 Å². The van der Waals surface area contributed by atoms with Gasteiger partial charge in [0, 0.05) is 11.8 Å². The highest BCUT2D eigenvalue weighted by atomic mass is 16.6. The van der Waals surface area contributed by atoms with Gasteiger partial charge in [-0.05, 0) is 42.9 Å². The molecule has 26 heavy (non-hydrogen) atoms. The predicted octanol–water partition coefficient (Wildman–Crippen LogP) is 3.69. The number of aryl methyl sites for hydroxylation is 1. The zero-order valence-electron chi connectivity index (χ0n) is 15.3. The number of hydrogen-bond acceptors (Lipinski definition) is 4. The van der Waals surface area contributed by atoms with E-state index >= 15 is 0 Å². The summed E-state index contributed by atoms with van der Waals surface area (Å²) in [6.07, 6.45) is 7.34. The Bertz CT molecular complexity index is 807. The summed E-state index contributed by atoms with van der Waals surface area (Å²) in [5.74, 6) is 1.57. The van der Waals surface area contributed by atoms with Crippen LogP contribution in [0.4, 0.5) is 0 Å². The van der Waals surface area contributed by atoms with Crippen molar-refractivity contribution in [3.05, 3.63) is 51.9 Å². The quantitative estimate of drug-likeness (QED) is 0.822. The highest BCUT2D eigenvalue weighted by Gasteiger charge is 2.26. The average molecular weight is 354 g/mol. The summed E-state index contributed by atoms with van der Waals surface area (Å²) in [7, 11) is 0. The third-order valence-electron chi connectivity index (χ3n) is 5.49. The summed E-state index contributed by atoms with van der Waals surface area (Å²) in [6.45, 7) is 3.15. The fourth-order valence-corrected chi connectivity index (χ4v) is 4.05. The van der Waals surface area contributed by atoms with E-state index in [-0.39, 0.29) is 11.7 Å². The summed E-state index contributed by atoms with van der Waals surface area (Å²) in [4.78, 5) is 15.6. The maximum absolute atomic E-state index is 11.6. The Labute approximate surface area is 154 Å². The van der Waals surface area contributed by atoms with Crippen LogP contribution in [0.25, 0.3) is 0 Å². The predicted molar refractivity (Wildman–Crippen MR) is 100 cm³/mol. The Hall–Kier alpha value is -2.30. The van der Waals surface area contributed by atoms with Gasteiger partial charge in [0.05, 0.1) is 6.54 Å². The minimum atomic E-state index is -0.243. The average Bonchev–Trinajstić information content (AvgIpc) is 3.09. The molecule has 0 N–H and O–H groups in total. The standard InChI is InChI=1S/C21H26N2O3/c1-2-17-12-20(24)22-21-23(17)13-19(26-21)14-25-18-10-8-16(9-11-18)15-6-4-3-5-7-15/h8-12,15,19H,2-7,13-14H2,1H3/t19-/m0/s1. The van der Waals surface area contributed by atoms with Gasteiger partial charge in [-0.1, -0.05) is 38.3 Å². The van der Waals surface area contributed by atoms with Crippen molar-refractivity contribution in [3.8, 4) is 11.8 Å². The molecule has 138 valence electrons. The van der Waals surface area contributed by atoms with Gasteiger partial charge in [0.2, 0.25) is 0 Å². The molecule has 2 aliphatic rings. The molecule has 1 atom stereocenters. The summed E-state index contributed by atoms with van der Waals surface area (Å²) in [5, 5.41) is 0. The third-order valence-corrected chi connectivity index (χ3v) is 5.49. The van der Waals surface area contributed by atoms with Gasteiger partial charge in [-0.3, -0.25) is 9.36 Å². The van der Waals surface area contributed by atoms with Crippen LogP contribution >= 0.6 is 0 Å². The van der Waals surface area contributed by atoms with Crippen LogP contribution in [-0.4, -0.2) is 22.3 Å². The molecule has 1 aliphatic heterocycles. The number of fused-ring (bicyclic) bond motifs is 1. The van der Waals surface area contributed by atoms with Crippen molar-refractivity contribution in [2.75, 3.05) is 6.61 Å². The number of ether oxygens (including phenoxy) is 2. The van der Waals surface area contributed by atoms with E-state index < -0.39 is 0 Å². The van der Waals surface area contributed by atoms with E-state index in [0.29, 0.717) is 25.1 Å². The molecule has 1 fully saturated rings. The largest absolute Gasteiger partial charge is 0.490 e. The van der Waals surface area contributed by atoms with Crippen LogP contribution in [0.3, 0.4) is 0 Å². The molecule has 5 nitrogen and oxygen atoms in total. The first-order chi connectivity index (χ1) is 12.7. The molecule has 0 bridgehead atoms. The van der Waals surface area contributed by atoms with Crippen LogP contribution in [0, 0.1) is 0 Å². The zero-order chi connectivity index (χ0) is 17.9. The van der Waals surface area contributed by atoms with Crippen LogP contribution in [-0.2, 0) is 13.0 Å². The van der Waals surface area contributed by atoms with Gasteiger partial charge in [-0.2, -0.15) is 4.98 Å². The fourth-order valence-electron chi connectivity index (χ4n) is 4.05. The Morgan fingerprint density at radius 3 is 2.69 bits per heavy atom. The lowest BCUT2D eigenvalue weighted by atomic mass is 9.84. The molecule has 0 saturated heterocycles. The molecule has 1 saturated carbocycles. The first kappa shape index (κ1) is 17.1. The minimum Gasteiger partial charge on any atom is -0.490 e. The maximum Gasteiger partial charge on any atom is 0.300 e. The topological polar surface area (TPSA) is 53.4 Å². The first-order valence-electron chi connectivity index (χ1n) is 9.73. The van der Waals surface area contributed by atoms with E-state index in [4.69, 9.17) is 9.47 Å². The highest BCUT2D eigenvalue weighted by molar-refractivity contribution is 5.29.